The van der Waals surface area contributed by atoms with Gasteiger partial charge < -0.3 is 14.8 Å². The number of benzene rings is 2. The van der Waals surface area contributed by atoms with Crippen molar-refractivity contribution < 1.29 is 4.79 Å². The number of aromatic nitrogens is 2. The molecule has 0 aliphatic carbocycles. The van der Waals surface area contributed by atoms with Gasteiger partial charge in [-0.1, -0.05) is 54.6 Å². The molecule has 2 aliphatic rings. The van der Waals surface area contributed by atoms with E-state index in [2.05, 4.69) is 73.2 Å². The Morgan fingerprint density at radius 2 is 1.78 bits per heavy atom. The van der Waals surface area contributed by atoms with Crippen molar-refractivity contribution >= 4 is 6.03 Å². The van der Waals surface area contributed by atoms with Gasteiger partial charge in [0.05, 0.1) is 12.6 Å². The van der Waals surface area contributed by atoms with Crippen molar-refractivity contribution in [3.8, 4) is 0 Å². The number of aryl methyl sites for hydroxylation is 1. The molecule has 1 N–H and O–H groups in total. The van der Waals surface area contributed by atoms with Gasteiger partial charge in [0, 0.05) is 45.1 Å². The van der Waals surface area contributed by atoms with E-state index in [1.807, 2.05) is 25.5 Å². The molecule has 1 saturated heterocycles. The lowest BCUT2D eigenvalue weighted by Gasteiger charge is -2.44. The van der Waals surface area contributed by atoms with Crippen LogP contribution in [-0.2, 0) is 20.0 Å². The van der Waals surface area contributed by atoms with Crippen molar-refractivity contribution in [2.45, 2.75) is 37.9 Å². The summed E-state index contributed by atoms with van der Waals surface area (Å²) in [6, 6.07) is 19.3. The first-order valence-corrected chi connectivity index (χ1v) is 11.6. The molecule has 166 valence electrons. The number of carbonyl (C=O) groups excluding carboxylic acids is 1. The predicted molar refractivity (Wildman–Crippen MR) is 125 cm³/mol. The van der Waals surface area contributed by atoms with Gasteiger partial charge >= 0.3 is 6.03 Å². The van der Waals surface area contributed by atoms with Crippen molar-refractivity contribution in [3.63, 3.8) is 0 Å². The summed E-state index contributed by atoms with van der Waals surface area (Å²) in [5.74, 6) is 1.09. The molecule has 3 aromatic rings. The Bertz CT molecular complexity index is 1050. The molecule has 0 saturated carbocycles. The zero-order chi connectivity index (χ0) is 21.9. The molecule has 1 atom stereocenters. The van der Waals surface area contributed by atoms with Crippen LogP contribution in [0.2, 0.25) is 0 Å². The second-order valence-electron chi connectivity index (χ2n) is 8.86. The minimum atomic E-state index is -0.0706. The largest absolute Gasteiger partial charge is 0.338 e. The van der Waals surface area contributed by atoms with Crippen molar-refractivity contribution in [2.24, 2.45) is 7.05 Å². The number of fused-ring (bicyclic) bond motifs is 1. The smallest absolute Gasteiger partial charge is 0.318 e. The highest BCUT2D eigenvalue weighted by Gasteiger charge is 2.36. The Labute approximate surface area is 189 Å². The number of rotatable bonds is 4. The lowest BCUT2D eigenvalue weighted by atomic mass is 9.89. The average molecular weight is 430 g/mol. The SMILES string of the molecule is Cn1ccnc1CN1CCC(N2C(=O)NCCc3ccccc3C2c2ccccc2)CC1. The van der Waals surface area contributed by atoms with Gasteiger partial charge in [0.25, 0.3) is 0 Å². The number of likely N-dealkylation sites (tertiary alicyclic amines) is 1. The highest BCUT2D eigenvalue weighted by Crippen LogP contribution is 2.36. The zero-order valence-electron chi connectivity index (χ0n) is 18.7. The summed E-state index contributed by atoms with van der Waals surface area (Å²) < 4.78 is 2.08. The van der Waals surface area contributed by atoms with Gasteiger partial charge in [-0.3, -0.25) is 4.90 Å². The van der Waals surface area contributed by atoms with E-state index >= 15 is 0 Å². The number of carbonyl (C=O) groups is 1. The second-order valence-corrected chi connectivity index (χ2v) is 8.86. The highest BCUT2D eigenvalue weighted by molar-refractivity contribution is 5.76. The van der Waals surface area contributed by atoms with Crippen LogP contribution in [0.25, 0.3) is 0 Å². The molecular weight excluding hydrogens is 398 g/mol. The Balaban J connectivity index is 1.43. The van der Waals surface area contributed by atoms with Gasteiger partial charge in [-0.05, 0) is 36.0 Å². The number of imidazole rings is 1. The van der Waals surface area contributed by atoms with Crippen LogP contribution in [-0.4, -0.2) is 51.1 Å². The first-order chi connectivity index (χ1) is 15.7. The molecule has 0 radical (unpaired) electrons. The Morgan fingerprint density at radius 3 is 2.53 bits per heavy atom. The van der Waals surface area contributed by atoms with Crippen LogP contribution in [0.15, 0.2) is 67.0 Å². The van der Waals surface area contributed by atoms with E-state index in [1.165, 1.54) is 16.7 Å². The lowest BCUT2D eigenvalue weighted by molar-refractivity contribution is 0.0984. The molecule has 32 heavy (non-hydrogen) atoms. The van der Waals surface area contributed by atoms with Gasteiger partial charge in [0.2, 0.25) is 0 Å². The Kier molecular flexibility index (Phi) is 5.95. The fourth-order valence-electron chi connectivity index (χ4n) is 5.15. The normalized spacial score (nSPS) is 20.3. The van der Waals surface area contributed by atoms with Crippen molar-refractivity contribution in [2.75, 3.05) is 19.6 Å². The number of hydrogen-bond acceptors (Lipinski definition) is 3. The number of urea groups is 1. The third kappa shape index (κ3) is 4.15. The van der Waals surface area contributed by atoms with Crippen LogP contribution in [0, 0.1) is 0 Å². The zero-order valence-corrected chi connectivity index (χ0v) is 18.7. The maximum absolute atomic E-state index is 13.4. The van der Waals surface area contributed by atoms with E-state index in [-0.39, 0.29) is 18.1 Å². The number of nitrogens with zero attached hydrogens (tertiary/aromatic N) is 4. The lowest BCUT2D eigenvalue weighted by Crippen LogP contribution is -2.53. The quantitative estimate of drug-likeness (QED) is 0.687. The minimum Gasteiger partial charge on any atom is -0.338 e. The highest BCUT2D eigenvalue weighted by atomic mass is 16.2. The van der Waals surface area contributed by atoms with Gasteiger partial charge in [-0.25, -0.2) is 9.78 Å². The number of piperidine rings is 1. The van der Waals surface area contributed by atoms with Gasteiger partial charge in [-0.15, -0.1) is 0 Å². The molecule has 1 fully saturated rings. The third-order valence-electron chi connectivity index (χ3n) is 6.88. The molecule has 6 nitrogen and oxygen atoms in total. The fraction of sp³-hybridized carbons (Fsp3) is 0.385. The molecule has 2 aromatic carbocycles. The maximum atomic E-state index is 13.4. The molecule has 0 bridgehead atoms. The first kappa shape index (κ1) is 20.8. The minimum absolute atomic E-state index is 0.0518. The number of amides is 2. The van der Waals surface area contributed by atoms with E-state index in [9.17, 15) is 4.79 Å². The second kappa shape index (κ2) is 9.17. The van der Waals surface area contributed by atoms with Crippen LogP contribution >= 0.6 is 0 Å². The standard InChI is InChI=1S/C26H31N5O/c1-29-18-15-27-24(29)19-30-16-12-22(13-17-30)31-25(21-8-3-2-4-9-21)23-10-6-5-7-20(23)11-14-28-26(31)32/h2-10,15,18,22,25H,11-14,16-17,19H2,1H3,(H,28,32). The maximum Gasteiger partial charge on any atom is 0.318 e. The van der Waals surface area contributed by atoms with E-state index < -0.39 is 0 Å². The van der Waals surface area contributed by atoms with Crippen LogP contribution in [0.4, 0.5) is 4.79 Å². The van der Waals surface area contributed by atoms with Crippen molar-refractivity contribution in [1.29, 1.82) is 0 Å². The Morgan fingerprint density at radius 1 is 1.03 bits per heavy atom. The molecule has 1 aromatic heterocycles. The molecule has 2 aliphatic heterocycles. The molecule has 5 rings (SSSR count). The monoisotopic (exact) mass is 429 g/mol. The molecule has 0 spiro atoms. The molecule has 3 heterocycles. The van der Waals surface area contributed by atoms with E-state index in [0.29, 0.717) is 6.54 Å². The topological polar surface area (TPSA) is 53.4 Å². The van der Waals surface area contributed by atoms with E-state index in [0.717, 1.165) is 44.7 Å². The van der Waals surface area contributed by atoms with Gasteiger partial charge in [-0.2, -0.15) is 0 Å². The van der Waals surface area contributed by atoms with E-state index in [4.69, 9.17) is 0 Å². The van der Waals surface area contributed by atoms with Crippen LogP contribution in [0.5, 0.6) is 0 Å². The molecule has 1 unspecified atom stereocenters. The molecule has 6 heteroatoms. The summed E-state index contributed by atoms with van der Waals surface area (Å²) in [6.45, 7) is 3.45. The van der Waals surface area contributed by atoms with Crippen LogP contribution in [0.3, 0.4) is 0 Å². The molecular formula is C26H31N5O. The van der Waals surface area contributed by atoms with Crippen LogP contribution in [0.1, 0.15) is 41.4 Å². The van der Waals surface area contributed by atoms with Crippen molar-refractivity contribution in [1.82, 2.24) is 24.7 Å². The summed E-state index contributed by atoms with van der Waals surface area (Å²) in [5.41, 5.74) is 3.75. The fourth-order valence-corrected chi connectivity index (χ4v) is 5.15. The van der Waals surface area contributed by atoms with Crippen molar-refractivity contribution in [3.05, 3.63) is 89.5 Å². The summed E-state index contributed by atoms with van der Waals surface area (Å²) in [7, 11) is 2.04. The summed E-state index contributed by atoms with van der Waals surface area (Å²) in [4.78, 5) is 22.5. The molecule has 2 amide bonds. The number of nitrogens with one attached hydrogen (secondary N) is 1. The van der Waals surface area contributed by atoms with E-state index in [1.54, 1.807) is 0 Å². The summed E-state index contributed by atoms with van der Waals surface area (Å²) >= 11 is 0. The van der Waals surface area contributed by atoms with Gasteiger partial charge in [0.15, 0.2) is 0 Å². The summed E-state index contributed by atoms with van der Waals surface area (Å²) in [6.07, 6.45) is 6.64. The number of hydrogen-bond donors (Lipinski definition) is 1. The van der Waals surface area contributed by atoms with Crippen LogP contribution < -0.4 is 5.32 Å². The third-order valence-corrected chi connectivity index (χ3v) is 6.88. The first-order valence-electron chi connectivity index (χ1n) is 11.6. The predicted octanol–water partition coefficient (Wildman–Crippen LogP) is 3.74. The average Bonchev–Trinajstić information content (AvgIpc) is 3.22. The Hall–Kier alpha value is -3.12. The van der Waals surface area contributed by atoms with Gasteiger partial charge in [0.1, 0.15) is 5.82 Å². The summed E-state index contributed by atoms with van der Waals surface area (Å²) in [5, 5.41) is 3.19.